The fourth-order valence-corrected chi connectivity index (χ4v) is 4.84. The number of halogens is 1. The third-order valence-electron chi connectivity index (χ3n) is 6.83. The minimum absolute atomic E-state index is 0.252. The lowest BCUT2D eigenvalue weighted by Gasteiger charge is -2.32. The maximum atomic E-state index is 14.8. The third kappa shape index (κ3) is 4.23. The summed E-state index contributed by atoms with van der Waals surface area (Å²) in [6.07, 6.45) is 12.4. The van der Waals surface area contributed by atoms with E-state index in [1.54, 1.807) is 27.7 Å². The highest BCUT2D eigenvalue weighted by Crippen LogP contribution is 2.35. The van der Waals surface area contributed by atoms with Crippen molar-refractivity contribution < 1.29 is 4.39 Å². The Bertz CT molecular complexity index is 1460. The molecule has 5 rings (SSSR count). The van der Waals surface area contributed by atoms with Gasteiger partial charge in [-0.1, -0.05) is 37.6 Å². The van der Waals surface area contributed by atoms with Crippen molar-refractivity contribution in [2.75, 3.05) is 0 Å². The summed E-state index contributed by atoms with van der Waals surface area (Å²) < 4.78 is 19.8. The number of hydrogen-bond acceptors (Lipinski definition) is 5. The molecule has 0 fully saturated rings. The molecule has 9 nitrogen and oxygen atoms in total. The van der Waals surface area contributed by atoms with Crippen molar-refractivity contribution >= 4 is 6.21 Å². The van der Waals surface area contributed by atoms with E-state index in [9.17, 15) is 9.18 Å². The minimum atomic E-state index is -0.524. The molecular weight excluding hydrogens is 459 g/mol. The summed E-state index contributed by atoms with van der Waals surface area (Å²) in [5, 5.41) is 14.4. The summed E-state index contributed by atoms with van der Waals surface area (Å²) in [6, 6.07) is 9.36. The Labute approximate surface area is 208 Å². The van der Waals surface area contributed by atoms with Crippen molar-refractivity contribution in [1.29, 1.82) is 0 Å². The first-order valence-electron chi connectivity index (χ1n) is 12.3. The molecule has 0 spiro atoms. The van der Waals surface area contributed by atoms with Crippen molar-refractivity contribution in [3.05, 3.63) is 82.6 Å². The molecule has 0 aliphatic carbocycles. The molecule has 0 radical (unpaired) electrons. The summed E-state index contributed by atoms with van der Waals surface area (Å²) in [7, 11) is 0. The fraction of sp³-hybridized carbons (Fsp3) is 0.346. The molecule has 1 N–H and O–H groups in total. The van der Waals surface area contributed by atoms with Crippen LogP contribution in [-0.2, 0) is 24.9 Å². The lowest BCUT2D eigenvalue weighted by atomic mass is 9.76. The molecule has 0 bridgehead atoms. The molecule has 0 saturated heterocycles. The van der Waals surface area contributed by atoms with Gasteiger partial charge in [0.1, 0.15) is 0 Å². The Morgan fingerprint density at radius 3 is 2.83 bits per heavy atom. The number of allylic oxidation sites excluding steroid dienone is 1. The topological polar surface area (TPSA) is 98.7 Å². The second-order valence-electron chi connectivity index (χ2n) is 9.06. The van der Waals surface area contributed by atoms with Crippen LogP contribution >= 0.6 is 0 Å². The number of aromatic nitrogens is 7. The Balaban J connectivity index is 1.62. The molecule has 1 aromatic carbocycles. The van der Waals surface area contributed by atoms with Crippen LogP contribution in [0.2, 0.25) is 0 Å². The number of tetrazole rings is 1. The fourth-order valence-electron chi connectivity index (χ4n) is 4.84. The van der Waals surface area contributed by atoms with Gasteiger partial charge in [-0.15, -0.1) is 10.2 Å². The van der Waals surface area contributed by atoms with Gasteiger partial charge in [0.05, 0.1) is 0 Å². The van der Waals surface area contributed by atoms with Crippen molar-refractivity contribution in [2.45, 2.75) is 58.0 Å². The van der Waals surface area contributed by atoms with Gasteiger partial charge >= 0.3 is 5.69 Å². The van der Waals surface area contributed by atoms with E-state index in [1.807, 2.05) is 43.5 Å². The third-order valence-corrected chi connectivity index (χ3v) is 6.83. The van der Waals surface area contributed by atoms with Gasteiger partial charge in [0.2, 0.25) is 5.82 Å². The normalized spacial score (nSPS) is 17.2. The van der Waals surface area contributed by atoms with E-state index < -0.39 is 11.2 Å². The zero-order valence-electron chi connectivity index (χ0n) is 20.4. The number of nitrogens with zero attached hydrogens (tertiary/aromatic N) is 7. The number of rotatable bonds is 9. The largest absolute Gasteiger partial charge is 0.334 e. The highest BCUT2D eigenvalue weighted by atomic mass is 19.1. The van der Waals surface area contributed by atoms with Crippen LogP contribution in [0.15, 0.2) is 64.8 Å². The number of aryl methyl sites for hydroxylation is 2. The highest BCUT2D eigenvalue weighted by Gasteiger charge is 2.33. The number of benzene rings is 1. The average Bonchev–Trinajstić information content (AvgIpc) is 3.64. The summed E-state index contributed by atoms with van der Waals surface area (Å²) in [4.78, 5) is 18.1. The van der Waals surface area contributed by atoms with Crippen molar-refractivity contribution in [3.63, 3.8) is 0 Å². The predicted octanol–water partition coefficient (Wildman–Crippen LogP) is 4.05. The van der Waals surface area contributed by atoms with Crippen LogP contribution in [-0.4, -0.2) is 40.5 Å². The Kier molecular flexibility index (Phi) is 6.49. The van der Waals surface area contributed by atoms with Crippen LogP contribution in [0, 0.1) is 5.82 Å². The maximum Gasteiger partial charge on any atom is 0.334 e. The van der Waals surface area contributed by atoms with Crippen LogP contribution in [0.1, 0.15) is 44.4 Å². The average molecular weight is 489 g/mol. The van der Waals surface area contributed by atoms with Gasteiger partial charge in [-0.05, 0) is 49.1 Å². The predicted molar refractivity (Wildman–Crippen MR) is 136 cm³/mol. The quantitative estimate of drug-likeness (QED) is 0.384. The number of aliphatic imine (C=N–C) groups is 1. The molecular formula is C26H29FN8O. The molecule has 3 aromatic heterocycles. The van der Waals surface area contributed by atoms with E-state index >= 15 is 0 Å². The van der Waals surface area contributed by atoms with E-state index in [0.717, 1.165) is 36.1 Å². The monoisotopic (exact) mass is 488 g/mol. The van der Waals surface area contributed by atoms with Gasteiger partial charge in [-0.2, -0.15) is 5.21 Å². The Morgan fingerprint density at radius 2 is 2.11 bits per heavy atom. The number of imidazole rings is 1. The SMILES string of the molecule is CCCCc1cn(-c2c(F)ccn2CC)c(=O)n1CC1(c2cccc(-c3nn[nH]n3)c2)C=CN=CC1. The molecule has 36 heavy (non-hydrogen) atoms. The molecule has 186 valence electrons. The number of unbranched alkanes of at least 4 members (excludes halogenated alkanes) is 1. The Hall–Kier alpha value is -4.08. The molecule has 1 aliphatic rings. The van der Waals surface area contributed by atoms with E-state index in [1.165, 1.54) is 10.6 Å². The zero-order chi connectivity index (χ0) is 25.1. The maximum absolute atomic E-state index is 14.8. The first kappa shape index (κ1) is 23.7. The summed E-state index contributed by atoms with van der Waals surface area (Å²) >= 11 is 0. The van der Waals surface area contributed by atoms with Crippen LogP contribution in [0.4, 0.5) is 4.39 Å². The van der Waals surface area contributed by atoms with E-state index in [-0.39, 0.29) is 11.5 Å². The van der Waals surface area contributed by atoms with Gasteiger partial charge in [0.25, 0.3) is 0 Å². The number of hydrogen-bond donors (Lipinski definition) is 1. The van der Waals surface area contributed by atoms with Crippen LogP contribution in [0.25, 0.3) is 17.2 Å². The molecule has 1 aliphatic heterocycles. The van der Waals surface area contributed by atoms with Gasteiger partial charge in [0, 0.05) is 54.6 Å². The van der Waals surface area contributed by atoms with Gasteiger partial charge in [-0.25, -0.2) is 9.18 Å². The summed E-state index contributed by atoms with van der Waals surface area (Å²) in [5.41, 5.74) is 1.95. The number of nitrogens with one attached hydrogen (secondary N) is 1. The van der Waals surface area contributed by atoms with Crippen LogP contribution in [0.5, 0.6) is 0 Å². The summed E-state index contributed by atoms with van der Waals surface area (Å²) in [6.45, 7) is 5.01. The molecule has 4 heterocycles. The first-order valence-corrected chi connectivity index (χ1v) is 12.3. The highest BCUT2D eigenvalue weighted by molar-refractivity contribution is 5.65. The molecule has 1 unspecified atom stereocenters. The van der Waals surface area contributed by atoms with E-state index in [0.29, 0.717) is 25.3 Å². The molecule has 10 heteroatoms. The second kappa shape index (κ2) is 9.88. The van der Waals surface area contributed by atoms with Gasteiger partial charge in [-0.3, -0.25) is 14.1 Å². The molecule has 0 saturated carbocycles. The van der Waals surface area contributed by atoms with E-state index in [2.05, 4.69) is 32.5 Å². The molecule has 4 aromatic rings. The van der Waals surface area contributed by atoms with Crippen molar-refractivity contribution in [2.24, 2.45) is 4.99 Å². The summed E-state index contributed by atoms with van der Waals surface area (Å²) in [5.74, 6) is 0.362. The second-order valence-corrected chi connectivity index (χ2v) is 9.06. The van der Waals surface area contributed by atoms with Crippen molar-refractivity contribution in [1.82, 2.24) is 34.3 Å². The van der Waals surface area contributed by atoms with E-state index in [4.69, 9.17) is 0 Å². The lowest BCUT2D eigenvalue weighted by Crippen LogP contribution is -2.37. The lowest BCUT2D eigenvalue weighted by molar-refractivity contribution is 0.438. The van der Waals surface area contributed by atoms with Gasteiger partial charge < -0.3 is 4.57 Å². The standard InChI is InChI=1S/C26H29FN8O/c1-3-5-9-21-17-34(24-22(27)10-15-33(24)4-2)25(36)35(21)18-26(11-13-28-14-12-26)20-8-6-7-19(16-20)23-29-31-32-30-23/h6-8,10-11,13-17H,3-5,9,12,18H2,1-2H3,(H,29,30,31,32). The minimum Gasteiger partial charge on any atom is -0.332 e. The van der Waals surface area contributed by atoms with Crippen LogP contribution in [0.3, 0.4) is 0 Å². The Morgan fingerprint density at radius 1 is 1.22 bits per heavy atom. The molecule has 1 atom stereocenters. The molecule has 0 amide bonds. The zero-order valence-corrected chi connectivity index (χ0v) is 20.4. The smallest absolute Gasteiger partial charge is 0.332 e. The van der Waals surface area contributed by atoms with Crippen LogP contribution < -0.4 is 5.69 Å². The number of aromatic amines is 1. The van der Waals surface area contributed by atoms with Crippen molar-refractivity contribution in [3.8, 4) is 17.2 Å². The van der Waals surface area contributed by atoms with Gasteiger partial charge in [0.15, 0.2) is 11.6 Å². The number of H-pyrrole nitrogens is 1. The first-order chi connectivity index (χ1) is 17.6.